The molecule has 19 heavy (non-hydrogen) atoms. The van der Waals surface area contributed by atoms with Gasteiger partial charge in [0.15, 0.2) is 0 Å². The molecule has 0 fully saturated rings. The maximum absolute atomic E-state index is 12.0. The van der Waals surface area contributed by atoms with E-state index in [-0.39, 0.29) is 4.90 Å². The van der Waals surface area contributed by atoms with Crippen LogP contribution in [0.5, 0.6) is 0 Å². The number of carboxylic acid groups (broad SMARTS) is 1. The van der Waals surface area contributed by atoms with Crippen LogP contribution in [0.25, 0.3) is 0 Å². The molecule has 2 heterocycles. The van der Waals surface area contributed by atoms with Gasteiger partial charge in [-0.3, -0.25) is 18.9 Å². The number of nitrogens with zero attached hydrogens (tertiary/aromatic N) is 4. The summed E-state index contributed by atoms with van der Waals surface area (Å²) >= 11 is 0. The maximum Gasteiger partial charge on any atom is 0.325 e. The second-order valence-corrected chi connectivity index (χ2v) is 5.40. The molecular formula is C9H11N5O4S. The van der Waals surface area contributed by atoms with Crippen molar-refractivity contribution in [3.63, 3.8) is 0 Å². The molecule has 0 aliphatic carbocycles. The van der Waals surface area contributed by atoms with Crippen LogP contribution in [0.1, 0.15) is 0 Å². The molecule has 0 radical (unpaired) electrons. The monoisotopic (exact) mass is 285 g/mol. The molecule has 0 atom stereocenters. The molecular weight excluding hydrogens is 274 g/mol. The highest BCUT2D eigenvalue weighted by molar-refractivity contribution is 7.92. The Labute approximate surface area is 108 Å². The van der Waals surface area contributed by atoms with E-state index in [1.807, 2.05) is 0 Å². The molecule has 10 heteroatoms. The number of hydrogen-bond donors (Lipinski definition) is 2. The molecule has 2 rings (SSSR count). The minimum atomic E-state index is -3.81. The Morgan fingerprint density at radius 3 is 2.79 bits per heavy atom. The van der Waals surface area contributed by atoms with Gasteiger partial charge in [-0.2, -0.15) is 10.2 Å². The number of aliphatic carboxylic acids is 1. The molecule has 0 saturated heterocycles. The van der Waals surface area contributed by atoms with Crippen LogP contribution in [0, 0.1) is 0 Å². The van der Waals surface area contributed by atoms with Gasteiger partial charge >= 0.3 is 5.97 Å². The minimum Gasteiger partial charge on any atom is -0.480 e. The molecule has 0 bridgehead atoms. The second kappa shape index (κ2) is 4.72. The van der Waals surface area contributed by atoms with E-state index < -0.39 is 22.5 Å². The summed E-state index contributed by atoms with van der Waals surface area (Å²) in [6.07, 6.45) is 3.68. The number of nitrogens with one attached hydrogen (secondary N) is 1. The average Bonchev–Trinajstić information content (AvgIpc) is 2.88. The standard InChI is InChI=1S/C9H11N5O4S/c1-13-8(2-3-10-13)12-19(17,18)7-4-11-14(5-7)6-9(15)16/h2-5,12H,6H2,1H3,(H,15,16). The number of aromatic nitrogens is 4. The zero-order chi connectivity index (χ0) is 14.0. The van der Waals surface area contributed by atoms with Crippen molar-refractivity contribution in [3.05, 3.63) is 24.7 Å². The van der Waals surface area contributed by atoms with Gasteiger partial charge in [-0.25, -0.2) is 8.42 Å². The average molecular weight is 285 g/mol. The van der Waals surface area contributed by atoms with Crippen molar-refractivity contribution in [2.24, 2.45) is 7.05 Å². The zero-order valence-electron chi connectivity index (χ0n) is 9.89. The van der Waals surface area contributed by atoms with Crippen molar-refractivity contribution in [1.29, 1.82) is 0 Å². The van der Waals surface area contributed by atoms with Crippen molar-refractivity contribution in [1.82, 2.24) is 19.6 Å². The molecule has 0 unspecified atom stereocenters. The first kappa shape index (κ1) is 13.1. The van der Waals surface area contributed by atoms with E-state index in [0.29, 0.717) is 5.82 Å². The van der Waals surface area contributed by atoms with Gasteiger partial charge in [-0.1, -0.05) is 0 Å². The van der Waals surface area contributed by atoms with Crippen LogP contribution in [0.4, 0.5) is 5.82 Å². The number of anilines is 1. The first-order chi connectivity index (χ1) is 8.88. The largest absolute Gasteiger partial charge is 0.480 e. The molecule has 0 amide bonds. The van der Waals surface area contributed by atoms with E-state index in [9.17, 15) is 13.2 Å². The van der Waals surface area contributed by atoms with Gasteiger partial charge in [0.1, 0.15) is 17.3 Å². The van der Waals surface area contributed by atoms with E-state index in [4.69, 9.17) is 5.11 Å². The van der Waals surface area contributed by atoms with E-state index >= 15 is 0 Å². The summed E-state index contributed by atoms with van der Waals surface area (Å²) in [6.45, 7) is -0.402. The van der Waals surface area contributed by atoms with Gasteiger partial charge in [0.2, 0.25) is 0 Å². The number of carbonyl (C=O) groups is 1. The fourth-order valence-electron chi connectivity index (χ4n) is 1.38. The van der Waals surface area contributed by atoms with E-state index in [2.05, 4.69) is 14.9 Å². The first-order valence-electron chi connectivity index (χ1n) is 5.13. The van der Waals surface area contributed by atoms with Crippen molar-refractivity contribution in [2.45, 2.75) is 11.4 Å². The highest BCUT2D eigenvalue weighted by Crippen LogP contribution is 2.14. The fourth-order valence-corrected chi connectivity index (χ4v) is 2.42. The Balaban J connectivity index is 2.22. The number of carboxylic acids is 1. The van der Waals surface area contributed by atoms with Gasteiger partial charge in [0.25, 0.3) is 10.0 Å². The predicted molar refractivity (Wildman–Crippen MR) is 63.9 cm³/mol. The van der Waals surface area contributed by atoms with Crippen LogP contribution in [0.2, 0.25) is 0 Å². The topological polar surface area (TPSA) is 119 Å². The van der Waals surface area contributed by atoms with Crippen LogP contribution in [0.15, 0.2) is 29.6 Å². The number of sulfonamides is 1. The van der Waals surface area contributed by atoms with Crippen LogP contribution in [-0.2, 0) is 28.4 Å². The Morgan fingerprint density at radius 1 is 1.47 bits per heavy atom. The highest BCUT2D eigenvalue weighted by Gasteiger charge is 2.18. The minimum absolute atomic E-state index is 0.116. The summed E-state index contributed by atoms with van der Waals surface area (Å²) in [6, 6.07) is 1.50. The van der Waals surface area contributed by atoms with Gasteiger partial charge in [-0.05, 0) is 0 Å². The van der Waals surface area contributed by atoms with Gasteiger partial charge in [0, 0.05) is 19.3 Å². The SMILES string of the molecule is Cn1nccc1NS(=O)(=O)c1cnn(CC(=O)O)c1. The summed E-state index contributed by atoms with van der Waals surface area (Å²) in [7, 11) is -2.22. The normalized spacial score (nSPS) is 11.4. The van der Waals surface area contributed by atoms with E-state index in [1.54, 1.807) is 7.05 Å². The molecule has 2 aromatic heterocycles. The van der Waals surface area contributed by atoms with Gasteiger partial charge in [0.05, 0.1) is 12.4 Å². The molecule has 2 N–H and O–H groups in total. The molecule has 102 valence electrons. The molecule has 0 saturated carbocycles. The summed E-state index contributed by atoms with van der Waals surface area (Å²) in [4.78, 5) is 10.4. The Kier molecular flexibility index (Phi) is 3.25. The summed E-state index contributed by atoms with van der Waals surface area (Å²) in [5.41, 5.74) is 0. The molecule has 0 aliphatic rings. The zero-order valence-corrected chi connectivity index (χ0v) is 10.7. The smallest absolute Gasteiger partial charge is 0.325 e. The third kappa shape index (κ3) is 2.91. The van der Waals surface area contributed by atoms with Crippen LogP contribution in [0.3, 0.4) is 0 Å². The van der Waals surface area contributed by atoms with E-state index in [0.717, 1.165) is 17.1 Å². The lowest BCUT2D eigenvalue weighted by atomic mass is 10.6. The summed E-state index contributed by atoms with van der Waals surface area (Å²) in [5.74, 6) is -0.808. The summed E-state index contributed by atoms with van der Waals surface area (Å²) < 4.78 is 28.7. The molecule has 2 aromatic rings. The first-order valence-corrected chi connectivity index (χ1v) is 6.62. The lowest BCUT2D eigenvalue weighted by molar-refractivity contribution is -0.137. The van der Waals surface area contributed by atoms with Crippen molar-refractivity contribution in [3.8, 4) is 0 Å². The fraction of sp³-hybridized carbons (Fsp3) is 0.222. The number of aryl methyl sites for hydroxylation is 1. The van der Waals surface area contributed by atoms with Crippen LogP contribution >= 0.6 is 0 Å². The van der Waals surface area contributed by atoms with Gasteiger partial charge < -0.3 is 5.11 Å². The third-order valence-electron chi connectivity index (χ3n) is 2.28. The lowest BCUT2D eigenvalue weighted by Gasteiger charge is -2.05. The second-order valence-electron chi connectivity index (χ2n) is 3.71. The van der Waals surface area contributed by atoms with Crippen molar-refractivity contribution in [2.75, 3.05) is 4.72 Å². The van der Waals surface area contributed by atoms with Crippen molar-refractivity contribution < 1.29 is 18.3 Å². The van der Waals surface area contributed by atoms with E-state index in [1.165, 1.54) is 16.9 Å². The van der Waals surface area contributed by atoms with Crippen LogP contribution in [-0.4, -0.2) is 39.1 Å². The molecule has 0 aromatic carbocycles. The Morgan fingerprint density at radius 2 is 2.21 bits per heavy atom. The Hall–Kier alpha value is -2.36. The number of rotatable bonds is 5. The summed E-state index contributed by atoms with van der Waals surface area (Å²) in [5, 5.41) is 16.1. The van der Waals surface area contributed by atoms with Crippen LogP contribution < -0.4 is 4.72 Å². The molecule has 0 spiro atoms. The third-order valence-corrected chi connectivity index (χ3v) is 3.59. The highest BCUT2D eigenvalue weighted by atomic mass is 32.2. The Bertz CT molecular complexity index is 702. The maximum atomic E-state index is 12.0. The molecule has 0 aliphatic heterocycles. The quantitative estimate of drug-likeness (QED) is 0.764. The molecule has 9 nitrogen and oxygen atoms in total. The predicted octanol–water partition coefficient (Wildman–Crippen LogP) is -0.498. The van der Waals surface area contributed by atoms with Crippen molar-refractivity contribution >= 4 is 21.8 Å². The van der Waals surface area contributed by atoms with Gasteiger partial charge in [-0.15, -0.1) is 0 Å². The number of hydrogen-bond acceptors (Lipinski definition) is 5. The lowest BCUT2D eigenvalue weighted by Crippen LogP contribution is -2.15.